The molecule has 1 unspecified atom stereocenters. The van der Waals surface area contributed by atoms with Crippen LogP contribution in [0.1, 0.15) is 49.7 Å². The van der Waals surface area contributed by atoms with Crippen LogP contribution in [0, 0.1) is 6.92 Å². The van der Waals surface area contributed by atoms with E-state index in [2.05, 4.69) is 26.1 Å². The van der Waals surface area contributed by atoms with E-state index >= 15 is 0 Å². The third-order valence-electron chi connectivity index (χ3n) is 3.47. The van der Waals surface area contributed by atoms with Crippen LogP contribution in [0.4, 0.5) is 5.82 Å². The summed E-state index contributed by atoms with van der Waals surface area (Å²) < 4.78 is 5.54. The predicted molar refractivity (Wildman–Crippen MR) is 73.1 cm³/mol. The molecule has 0 bridgehead atoms. The van der Waals surface area contributed by atoms with Crippen molar-refractivity contribution in [1.82, 2.24) is 9.97 Å². The zero-order valence-electron chi connectivity index (χ0n) is 11.6. The van der Waals surface area contributed by atoms with Crippen LogP contribution in [-0.2, 0) is 11.2 Å². The maximum Gasteiger partial charge on any atom is 0.136 e. The van der Waals surface area contributed by atoms with Crippen LogP contribution in [-0.4, -0.2) is 29.7 Å². The van der Waals surface area contributed by atoms with Crippen molar-refractivity contribution >= 4 is 5.82 Å². The Morgan fingerprint density at radius 2 is 2.17 bits per heavy atom. The lowest BCUT2D eigenvalue weighted by molar-refractivity contribution is 0.0780. The first-order chi connectivity index (χ1) is 8.76. The lowest BCUT2D eigenvalue weighted by Crippen LogP contribution is -2.20. The quantitative estimate of drug-likeness (QED) is 0.891. The molecular weight excluding hydrogens is 226 g/mol. The second-order valence-electron chi connectivity index (χ2n) is 4.80. The van der Waals surface area contributed by atoms with E-state index in [1.165, 1.54) is 5.56 Å². The molecule has 1 saturated heterocycles. The molecule has 1 aliphatic heterocycles. The minimum atomic E-state index is 0.363. The van der Waals surface area contributed by atoms with Gasteiger partial charge in [0.1, 0.15) is 11.6 Å². The van der Waals surface area contributed by atoms with Gasteiger partial charge in [0.25, 0.3) is 0 Å². The summed E-state index contributed by atoms with van der Waals surface area (Å²) in [7, 11) is 0. The van der Waals surface area contributed by atoms with Crippen LogP contribution in [0.15, 0.2) is 0 Å². The Morgan fingerprint density at radius 1 is 1.33 bits per heavy atom. The smallest absolute Gasteiger partial charge is 0.136 e. The number of hydrogen-bond acceptors (Lipinski definition) is 4. The van der Waals surface area contributed by atoms with Crippen LogP contribution in [0.5, 0.6) is 0 Å². The third kappa shape index (κ3) is 2.80. The fourth-order valence-electron chi connectivity index (χ4n) is 2.39. The molecule has 2 heterocycles. The summed E-state index contributed by atoms with van der Waals surface area (Å²) in [5.74, 6) is 2.31. The Morgan fingerprint density at radius 3 is 2.78 bits per heavy atom. The molecule has 0 saturated carbocycles. The average Bonchev–Trinajstić information content (AvgIpc) is 2.42. The molecule has 18 heavy (non-hydrogen) atoms. The van der Waals surface area contributed by atoms with E-state index < -0.39 is 0 Å². The summed E-state index contributed by atoms with van der Waals surface area (Å²) in [6.45, 7) is 8.86. The minimum Gasteiger partial charge on any atom is -0.381 e. The van der Waals surface area contributed by atoms with Crippen LogP contribution >= 0.6 is 0 Å². The predicted octanol–water partition coefficient (Wildman–Crippen LogP) is 2.67. The largest absolute Gasteiger partial charge is 0.381 e. The third-order valence-corrected chi connectivity index (χ3v) is 3.47. The summed E-state index contributed by atoms with van der Waals surface area (Å²) in [5.41, 5.74) is 2.33. The van der Waals surface area contributed by atoms with Crippen LogP contribution in [0.2, 0.25) is 0 Å². The molecule has 4 nitrogen and oxygen atoms in total. The standard InChI is InChI=1S/C14H23N3O/c1-4-12-10(3)13(15-5-2)17-14(16-12)11-7-6-8-18-9-11/h11H,4-9H2,1-3H3,(H,15,16,17). The topological polar surface area (TPSA) is 47.0 Å². The molecular formula is C14H23N3O. The number of rotatable bonds is 4. The Labute approximate surface area is 109 Å². The van der Waals surface area contributed by atoms with Crippen molar-refractivity contribution < 1.29 is 4.74 Å². The van der Waals surface area contributed by atoms with Gasteiger partial charge < -0.3 is 10.1 Å². The molecule has 0 spiro atoms. The van der Waals surface area contributed by atoms with Crippen molar-refractivity contribution in [3.05, 3.63) is 17.1 Å². The zero-order chi connectivity index (χ0) is 13.0. The van der Waals surface area contributed by atoms with E-state index in [1.807, 2.05) is 0 Å². The highest BCUT2D eigenvalue weighted by Crippen LogP contribution is 2.26. The molecule has 1 aromatic rings. The van der Waals surface area contributed by atoms with E-state index in [4.69, 9.17) is 14.7 Å². The van der Waals surface area contributed by atoms with Crippen LogP contribution < -0.4 is 5.32 Å². The van der Waals surface area contributed by atoms with Gasteiger partial charge in [0, 0.05) is 30.3 Å². The summed E-state index contributed by atoms with van der Waals surface area (Å²) in [6.07, 6.45) is 3.20. The maximum absolute atomic E-state index is 5.54. The first kappa shape index (κ1) is 13.3. The highest BCUT2D eigenvalue weighted by Gasteiger charge is 2.21. The molecule has 1 fully saturated rings. The molecule has 1 atom stereocenters. The number of aryl methyl sites for hydroxylation is 1. The SMILES string of the molecule is CCNc1nc(C2CCCOC2)nc(CC)c1C. The maximum atomic E-state index is 5.54. The number of anilines is 1. The summed E-state index contributed by atoms with van der Waals surface area (Å²) >= 11 is 0. The summed E-state index contributed by atoms with van der Waals surface area (Å²) in [4.78, 5) is 9.42. The number of nitrogens with zero attached hydrogens (tertiary/aromatic N) is 2. The van der Waals surface area contributed by atoms with Gasteiger partial charge >= 0.3 is 0 Å². The molecule has 0 radical (unpaired) electrons. The lowest BCUT2D eigenvalue weighted by atomic mass is 10.0. The molecule has 1 N–H and O–H groups in total. The molecule has 100 valence electrons. The lowest BCUT2D eigenvalue weighted by Gasteiger charge is -2.22. The molecule has 1 aromatic heterocycles. The highest BCUT2D eigenvalue weighted by atomic mass is 16.5. The van der Waals surface area contributed by atoms with Crippen molar-refractivity contribution in [2.75, 3.05) is 25.1 Å². The van der Waals surface area contributed by atoms with Gasteiger partial charge in [-0.15, -0.1) is 0 Å². The Balaban J connectivity index is 2.31. The number of aromatic nitrogens is 2. The molecule has 0 aliphatic carbocycles. The molecule has 2 rings (SSSR count). The minimum absolute atomic E-state index is 0.363. The number of nitrogens with one attached hydrogen (secondary N) is 1. The monoisotopic (exact) mass is 249 g/mol. The van der Waals surface area contributed by atoms with Gasteiger partial charge in [-0.1, -0.05) is 6.92 Å². The molecule has 1 aliphatic rings. The van der Waals surface area contributed by atoms with Gasteiger partial charge in [-0.25, -0.2) is 9.97 Å². The fourth-order valence-corrected chi connectivity index (χ4v) is 2.39. The van der Waals surface area contributed by atoms with Crippen molar-refractivity contribution in [2.24, 2.45) is 0 Å². The van der Waals surface area contributed by atoms with Crippen LogP contribution in [0.25, 0.3) is 0 Å². The Bertz CT molecular complexity index is 400. The van der Waals surface area contributed by atoms with Crippen molar-refractivity contribution in [3.63, 3.8) is 0 Å². The van der Waals surface area contributed by atoms with E-state index in [0.29, 0.717) is 5.92 Å². The fraction of sp³-hybridized carbons (Fsp3) is 0.714. The van der Waals surface area contributed by atoms with Gasteiger partial charge in [-0.3, -0.25) is 0 Å². The number of hydrogen-bond donors (Lipinski definition) is 1. The van der Waals surface area contributed by atoms with Crippen molar-refractivity contribution in [3.8, 4) is 0 Å². The van der Waals surface area contributed by atoms with E-state index in [0.717, 1.165) is 56.4 Å². The molecule has 0 aromatic carbocycles. The first-order valence-corrected chi connectivity index (χ1v) is 6.95. The normalized spacial score (nSPS) is 19.8. The zero-order valence-corrected chi connectivity index (χ0v) is 11.6. The van der Waals surface area contributed by atoms with E-state index in [9.17, 15) is 0 Å². The van der Waals surface area contributed by atoms with Gasteiger partial charge in [0.15, 0.2) is 0 Å². The van der Waals surface area contributed by atoms with Crippen molar-refractivity contribution in [1.29, 1.82) is 0 Å². The van der Waals surface area contributed by atoms with Gasteiger partial charge in [0.2, 0.25) is 0 Å². The average molecular weight is 249 g/mol. The molecule has 0 amide bonds. The van der Waals surface area contributed by atoms with Crippen molar-refractivity contribution in [2.45, 2.75) is 46.0 Å². The first-order valence-electron chi connectivity index (χ1n) is 6.95. The second-order valence-corrected chi connectivity index (χ2v) is 4.80. The van der Waals surface area contributed by atoms with E-state index in [1.54, 1.807) is 0 Å². The van der Waals surface area contributed by atoms with Gasteiger partial charge in [-0.05, 0) is 33.1 Å². The van der Waals surface area contributed by atoms with Gasteiger partial charge in [-0.2, -0.15) is 0 Å². The van der Waals surface area contributed by atoms with Gasteiger partial charge in [0.05, 0.1) is 6.61 Å². The molecule has 4 heteroatoms. The highest BCUT2D eigenvalue weighted by molar-refractivity contribution is 5.46. The Hall–Kier alpha value is -1.16. The Kier molecular flexibility index (Phi) is 4.53. The number of ether oxygens (including phenoxy) is 1. The summed E-state index contributed by atoms with van der Waals surface area (Å²) in [6, 6.07) is 0. The van der Waals surface area contributed by atoms with E-state index in [-0.39, 0.29) is 0 Å². The van der Waals surface area contributed by atoms with Crippen LogP contribution in [0.3, 0.4) is 0 Å². The summed E-state index contributed by atoms with van der Waals surface area (Å²) in [5, 5.41) is 3.34. The second kappa shape index (κ2) is 6.14.